The fraction of sp³-hybridized carbons (Fsp3) is 0.190. The predicted molar refractivity (Wildman–Crippen MR) is 106 cm³/mol. The minimum atomic E-state index is -0.0575. The molecule has 138 valence electrons. The first-order chi connectivity index (χ1) is 13.3. The minimum Gasteiger partial charge on any atom is -0.496 e. The van der Waals surface area contributed by atoms with Gasteiger partial charge in [-0.15, -0.1) is 0 Å². The van der Waals surface area contributed by atoms with E-state index in [2.05, 4.69) is 21.7 Å². The van der Waals surface area contributed by atoms with Crippen LogP contribution >= 0.6 is 11.3 Å². The molecule has 0 aliphatic rings. The summed E-state index contributed by atoms with van der Waals surface area (Å²) in [6, 6.07) is 11.7. The van der Waals surface area contributed by atoms with Crippen molar-refractivity contribution < 1.29 is 13.9 Å². The van der Waals surface area contributed by atoms with E-state index >= 15 is 0 Å². The van der Waals surface area contributed by atoms with Crippen molar-refractivity contribution in [2.24, 2.45) is 0 Å². The summed E-state index contributed by atoms with van der Waals surface area (Å²) in [6.07, 6.45) is 3.94. The highest BCUT2D eigenvalue weighted by molar-refractivity contribution is 7.08. The zero-order chi connectivity index (χ0) is 18.6. The van der Waals surface area contributed by atoms with Crippen LogP contribution in [-0.4, -0.2) is 18.0 Å². The van der Waals surface area contributed by atoms with Gasteiger partial charge in [-0.1, -0.05) is 6.07 Å². The quantitative estimate of drug-likeness (QED) is 0.490. The fourth-order valence-corrected chi connectivity index (χ4v) is 4.07. The van der Waals surface area contributed by atoms with Crippen molar-refractivity contribution >= 4 is 28.1 Å². The fourth-order valence-electron chi connectivity index (χ4n) is 3.36. The van der Waals surface area contributed by atoms with E-state index < -0.39 is 0 Å². The van der Waals surface area contributed by atoms with Crippen molar-refractivity contribution in [2.45, 2.75) is 18.9 Å². The third kappa shape index (κ3) is 3.61. The van der Waals surface area contributed by atoms with Gasteiger partial charge >= 0.3 is 0 Å². The Morgan fingerprint density at radius 3 is 2.96 bits per heavy atom. The number of ether oxygens (including phenoxy) is 1. The summed E-state index contributed by atoms with van der Waals surface area (Å²) in [7, 11) is 1.67. The number of carbonyl (C=O) groups excluding carboxylic acids is 1. The number of rotatable bonds is 7. The van der Waals surface area contributed by atoms with Gasteiger partial charge in [-0.05, 0) is 52.2 Å². The average Bonchev–Trinajstić information content (AvgIpc) is 3.45. The molecule has 2 N–H and O–H groups in total. The molecule has 0 aliphatic carbocycles. The molecule has 0 fully saturated rings. The second-order valence-corrected chi connectivity index (χ2v) is 7.08. The molecule has 0 aliphatic heterocycles. The van der Waals surface area contributed by atoms with Gasteiger partial charge in [0, 0.05) is 29.4 Å². The third-order valence-electron chi connectivity index (χ3n) is 4.67. The Labute approximate surface area is 161 Å². The number of hydrogen-bond donors (Lipinski definition) is 2. The van der Waals surface area contributed by atoms with Gasteiger partial charge in [0.2, 0.25) is 5.91 Å². The van der Waals surface area contributed by atoms with Crippen LogP contribution in [0.4, 0.5) is 0 Å². The van der Waals surface area contributed by atoms with Crippen LogP contribution in [0.25, 0.3) is 10.9 Å². The number of nitrogens with one attached hydrogen (secondary N) is 2. The molecule has 4 aromatic rings. The highest BCUT2D eigenvalue weighted by Crippen LogP contribution is 2.38. The van der Waals surface area contributed by atoms with Gasteiger partial charge in [0.15, 0.2) is 0 Å². The van der Waals surface area contributed by atoms with E-state index in [1.807, 2.05) is 41.9 Å². The molecular weight excluding hydrogens is 360 g/mol. The molecule has 3 aromatic heterocycles. The Morgan fingerprint density at radius 1 is 1.30 bits per heavy atom. The molecule has 0 saturated heterocycles. The lowest BCUT2D eigenvalue weighted by Gasteiger charge is -2.16. The average molecular weight is 380 g/mol. The molecule has 4 rings (SSSR count). The lowest BCUT2D eigenvalue weighted by molar-refractivity contribution is -0.121. The largest absolute Gasteiger partial charge is 0.496 e. The van der Waals surface area contributed by atoms with E-state index in [0.717, 1.165) is 33.5 Å². The van der Waals surface area contributed by atoms with Crippen LogP contribution in [-0.2, 0) is 11.3 Å². The second kappa shape index (κ2) is 7.72. The maximum atomic E-state index is 12.6. The van der Waals surface area contributed by atoms with Gasteiger partial charge in [0.05, 0.1) is 19.9 Å². The van der Waals surface area contributed by atoms with E-state index in [9.17, 15) is 4.79 Å². The van der Waals surface area contributed by atoms with Crippen molar-refractivity contribution in [3.8, 4) is 5.75 Å². The number of H-pyrrole nitrogens is 1. The number of aromatic amines is 1. The number of amides is 1. The molecule has 0 spiro atoms. The number of furan rings is 1. The van der Waals surface area contributed by atoms with Gasteiger partial charge in [-0.25, -0.2) is 0 Å². The highest BCUT2D eigenvalue weighted by Gasteiger charge is 2.23. The number of thiophene rings is 1. The topological polar surface area (TPSA) is 67.3 Å². The van der Waals surface area contributed by atoms with Crippen molar-refractivity contribution in [2.75, 3.05) is 7.11 Å². The Bertz CT molecular complexity index is 1020. The summed E-state index contributed by atoms with van der Waals surface area (Å²) in [5.74, 6) is 1.47. The first kappa shape index (κ1) is 17.4. The van der Waals surface area contributed by atoms with Crippen LogP contribution in [0.15, 0.2) is 64.0 Å². The third-order valence-corrected chi connectivity index (χ3v) is 5.37. The van der Waals surface area contributed by atoms with Gasteiger partial charge in [-0.3, -0.25) is 4.79 Å². The van der Waals surface area contributed by atoms with Gasteiger partial charge < -0.3 is 19.5 Å². The highest BCUT2D eigenvalue weighted by atomic mass is 32.1. The van der Waals surface area contributed by atoms with Crippen LogP contribution in [0.1, 0.15) is 29.2 Å². The first-order valence-electron chi connectivity index (χ1n) is 8.71. The Hall–Kier alpha value is -2.99. The second-order valence-electron chi connectivity index (χ2n) is 6.30. The SMILES string of the molecule is COc1cccc2[nH]cc([C@@H](CC(=O)NCc3ccco3)c3ccsc3)c12. The number of carbonyl (C=O) groups is 1. The number of benzene rings is 1. The predicted octanol–water partition coefficient (Wildman–Crippen LogP) is 4.67. The summed E-state index contributed by atoms with van der Waals surface area (Å²) in [6.45, 7) is 0.388. The Kier molecular flexibility index (Phi) is 4.98. The molecule has 0 radical (unpaired) electrons. The maximum Gasteiger partial charge on any atom is 0.221 e. The van der Waals surface area contributed by atoms with Crippen molar-refractivity contribution in [1.29, 1.82) is 0 Å². The van der Waals surface area contributed by atoms with E-state index in [4.69, 9.17) is 9.15 Å². The normalized spacial score (nSPS) is 12.2. The molecule has 27 heavy (non-hydrogen) atoms. The molecule has 5 nitrogen and oxygen atoms in total. The van der Waals surface area contributed by atoms with Crippen LogP contribution < -0.4 is 10.1 Å². The molecule has 3 heterocycles. The lowest BCUT2D eigenvalue weighted by Crippen LogP contribution is -2.24. The zero-order valence-corrected chi connectivity index (χ0v) is 15.7. The molecular formula is C21H20N2O3S. The molecule has 0 bridgehead atoms. The van der Waals surface area contributed by atoms with Crippen LogP contribution in [0.3, 0.4) is 0 Å². The van der Waals surface area contributed by atoms with Crippen LogP contribution in [0.5, 0.6) is 5.75 Å². The molecule has 0 saturated carbocycles. The molecule has 1 atom stereocenters. The van der Waals surface area contributed by atoms with Crippen molar-refractivity contribution in [3.05, 3.63) is 76.5 Å². The molecule has 6 heteroatoms. The summed E-state index contributed by atoms with van der Waals surface area (Å²) in [5, 5.41) is 8.10. The molecule has 0 unspecified atom stereocenters. The van der Waals surface area contributed by atoms with E-state index in [0.29, 0.717) is 13.0 Å². The molecule has 1 amide bonds. The van der Waals surface area contributed by atoms with E-state index in [1.165, 1.54) is 0 Å². The summed E-state index contributed by atoms with van der Waals surface area (Å²) < 4.78 is 10.9. The van der Waals surface area contributed by atoms with Crippen LogP contribution in [0, 0.1) is 0 Å². The standard InChI is InChI=1S/C21H20N2O3S/c1-25-19-6-2-5-18-21(19)17(12-22-18)16(14-7-9-27-13-14)10-20(24)23-11-15-4-3-8-26-15/h2-9,12-13,16,22H,10-11H2,1H3,(H,23,24)/t16-/m0/s1. The zero-order valence-electron chi connectivity index (χ0n) is 14.9. The monoisotopic (exact) mass is 380 g/mol. The van der Waals surface area contributed by atoms with Crippen molar-refractivity contribution in [3.63, 3.8) is 0 Å². The van der Waals surface area contributed by atoms with Crippen LogP contribution in [0.2, 0.25) is 0 Å². The minimum absolute atomic E-state index is 0.0214. The summed E-state index contributed by atoms with van der Waals surface area (Å²) in [4.78, 5) is 15.9. The number of aromatic nitrogens is 1. The number of methoxy groups -OCH3 is 1. The Balaban J connectivity index is 1.63. The van der Waals surface area contributed by atoms with Crippen molar-refractivity contribution in [1.82, 2.24) is 10.3 Å². The van der Waals surface area contributed by atoms with Gasteiger partial charge in [-0.2, -0.15) is 11.3 Å². The smallest absolute Gasteiger partial charge is 0.221 e. The first-order valence-corrected chi connectivity index (χ1v) is 9.65. The van der Waals surface area contributed by atoms with Gasteiger partial charge in [0.25, 0.3) is 0 Å². The van der Waals surface area contributed by atoms with E-state index in [1.54, 1.807) is 24.7 Å². The Morgan fingerprint density at radius 2 is 2.22 bits per heavy atom. The van der Waals surface area contributed by atoms with Gasteiger partial charge in [0.1, 0.15) is 11.5 Å². The maximum absolute atomic E-state index is 12.6. The number of fused-ring (bicyclic) bond motifs is 1. The lowest BCUT2D eigenvalue weighted by atomic mass is 9.89. The summed E-state index contributed by atoms with van der Waals surface area (Å²) >= 11 is 1.63. The summed E-state index contributed by atoms with van der Waals surface area (Å²) in [5.41, 5.74) is 3.19. The van der Waals surface area contributed by atoms with E-state index in [-0.39, 0.29) is 11.8 Å². The number of hydrogen-bond acceptors (Lipinski definition) is 4. The molecule has 1 aromatic carbocycles.